The third-order valence-corrected chi connectivity index (χ3v) is 4.16. The Balaban J connectivity index is 2.08. The van der Waals surface area contributed by atoms with Crippen LogP contribution in [0.4, 0.5) is 0 Å². The molecule has 102 valence electrons. The molecule has 1 fully saturated rings. The molecular weight excluding hydrogens is 236 g/mol. The van der Waals surface area contributed by atoms with Gasteiger partial charge in [-0.15, -0.1) is 0 Å². The number of benzene rings is 1. The van der Waals surface area contributed by atoms with Crippen molar-refractivity contribution in [1.82, 2.24) is 0 Å². The minimum Gasteiger partial charge on any atom is -0.493 e. The molecule has 1 aromatic carbocycles. The molecule has 2 nitrogen and oxygen atoms in total. The van der Waals surface area contributed by atoms with Crippen LogP contribution in [0.5, 0.6) is 5.75 Å². The number of Topliss-reactive ketones (excluding diaryl/α,β-unsaturated/α-hetero) is 1. The Morgan fingerprint density at radius 2 is 2.05 bits per heavy atom. The lowest BCUT2D eigenvalue weighted by molar-refractivity contribution is 0.0963. The first kappa shape index (κ1) is 12.7. The highest BCUT2D eigenvalue weighted by molar-refractivity contribution is 6.02. The molecule has 19 heavy (non-hydrogen) atoms. The smallest absolute Gasteiger partial charge is 0.169 e. The topological polar surface area (TPSA) is 26.3 Å². The Kier molecular flexibility index (Phi) is 3.34. The van der Waals surface area contributed by atoms with Crippen molar-refractivity contribution in [1.29, 1.82) is 0 Å². The predicted molar refractivity (Wildman–Crippen MR) is 76.0 cm³/mol. The van der Waals surface area contributed by atoms with E-state index in [1.54, 1.807) is 0 Å². The van der Waals surface area contributed by atoms with E-state index in [0.29, 0.717) is 11.7 Å². The Morgan fingerprint density at radius 1 is 1.26 bits per heavy atom. The Labute approximate surface area is 115 Å². The first-order chi connectivity index (χ1) is 9.16. The average Bonchev–Trinajstić information content (AvgIpc) is 3.22. The van der Waals surface area contributed by atoms with E-state index in [1.165, 1.54) is 11.1 Å². The number of fused-ring (bicyclic) bond motifs is 1. The zero-order valence-corrected chi connectivity index (χ0v) is 11.9. The number of ketones is 1. The summed E-state index contributed by atoms with van der Waals surface area (Å²) in [5.41, 5.74) is 3.37. The summed E-state index contributed by atoms with van der Waals surface area (Å²) >= 11 is 0. The van der Waals surface area contributed by atoms with E-state index in [-0.39, 0.29) is 5.92 Å². The van der Waals surface area contributed by atoms with E-state index in [4.69, 9.17) is 4.74 Å². The maximum Gasteiger partial charge on any atom is 0.169 e. The van der Waals surface area contributed by atoms with Crippen LogP contribution in [0, 0.1) is 5.92 Å². The number of hydrogen-bond acceptors (Lipinski definition) is 2. The van der Waals surface area contributed by atoms with E-state index in [1.807, 2.05) is 0 Å². The molecule has 0 bridgehead atoms. The van der Waals surface area contributed by atoms with Gasteiger partial charge >= 0.3 is 0 Å². The van der Waals surface area contributed by atoms with Crippen LogP contribution in [0.1, 0.15) is 66.9 Å². The normalized spacial score (nSPS) is 18.7. The second kappa shape index (κ2) is 4.99. The fraction of sp³-hybridized carbons (Fsp3) is 0.588. The molecule has 0 aromatic heterocycles. The van der Waals surface area contributed by atoms with Gasteiger partial charge in [0.15, 0.2) is 5.78 Å². The van der Waals surface area contributed by atoms with Gasteiger partial charge in [-0.25, -0.2) is 0 Å². The third-order valence-electron chi connectivity index (χ3n) is 4.16. The number of ether oxygens (including phenoxy) is 1. The summed E-state index contributed by atoms with van der Waals surface area (Å²) < 4.78 is 5.89. The molecule has 1 heterocycles. The van der Waals surface area contributed by atoms with Crippen molar-refractivity contribution in [2.45, 2.75) is 51.9 Å². The first-order valence-corrected chi connectivity index (χ1v) is 7.50. The summed E-state index contributed by atoms with van der Waals surface area (Å²) in [6.45, 7) is 5.12. The molecule has 0 atom stereocenters. The summed E-state index contributed by atoms with van der Waals surface area (Å²) in [4.78, 5) is 12.5. The molecule has 1 aliphatic heterocycles. The van der Waals surface area contributed by atoms with Crippen molar-refractivity contribution < 1.29 is 9.53 Å². The lowest BCUT2D eigenvalue weighted by atomic mass is 9.92. The fourth-order valence-electron chi connectivity index (χ4n) is 2.74. The van der Waals surface area contributed by atoms with Crippen molar-refractivity contribution in [2.24, 2.45) is 5.92 Å². The Morgan fingerprint density at radius 3 is 2.74 bits per heavy atom. The third kappa shape index (κ3) is 2.54. The molecule has 3 rings (SSSR count). The van der Waals surface area contributed by atoms with Crippen LogP contribution in [-0.4, -0.2) is 12.4 Å². The molecule has 1 saturated carbocycles. The molecule has 0 amide bonds. The molecule has 0 spiro atoms. The minimum atomic E-state index is 0.262. The second-order valence-electron chi connectivity index (χ2n) is 6.16. The van der Waals surface area contributed by atoms with Gasteiger partial charge in [-0.05, 0) is 55.2 Å². The molecular formula is C17H22O2. The summed E-state index contributed by atoms with van der Waals surface area (Å²) in [6, 6.07) is 4.32. The van der Waals surface area contributed by atoms with Gasteiger partial charge in [0.2, 0.25) is 0 Å². The van der Waals surface area contributed by atoms with Gasteiger partial charge in [0.05, 0.1) is 12.2 Å². The molecule has 1 aromatic rings. The van der Waals surface area contributed by atoms with Gasteiger partial charge in [-0.1, -0.05) is 19.9 Å². The van der Waals surface area contributed by atoms with Crippen molar-refractivity contribution in [3.05, 3.63) is 28.8 Å². The summed E-state index contributed by atoms with van der Waals surface area (Å²) in [5.74, 6) is 1.91. The zero-order valence-electron chi connectivity index (χ0n) is 11.9. The van der Waals surface area contributed by atoms with Crippen molar-refractivity contribution >= 4 is 5.78 Å². The highest BCUT2D eigenvalue weighted by Gasteiger charge is 2.33. The van der Waals surface area contributed by atoms with E-state index in [2.05, 4.69) is 26.0 Å². The van der Waals surface area contributed by atoms with Gasteiger partial charge < -0.3 is 4.74 Å². The van der Waals surface area contributed by atoms with Crippen LogP contribution < -0.4 is 4.74 Å². The maximum absolute atomic E-state index is 12.5. The SMILES string of the molecule is CC(C)c1cc2c(c(C(=O)C3CC3)c1)OCCCC2. The van der Waals surface area contributed by atoms with Crippen molar-refractivity contribution in [3.63, 3.8) is 0 Å². The van der Waals surface area contributed by atoms with Crippen LogP contribution in [0.3, 0.4) is 0 Å². The van der Waals surface area contributed by atoms with Gasteiger partial charge in [0, 0.05) is 5.92 Å². The molecule has 2 aliphatic rings. The van der Waals surface area contributed by atoms with E-state index in [0.717, 1.165) is 50.0 Å². The van der Waals surface area contributed by atoms with Gasteiger partial charge in [0.25, 0.3) is 0 Å². The monoisotopic (exact) mass is 258 g/mol. The molecule has 2 heteroatoms. The van der Waals surface area contributed by atoms with E-state index >= 15 is 0 Å². The number of rotatable bonds is 3. The second-order valence-corrected chi connectivity index (χ2v) is 6.16. The largest absolute Gasteiger partial charge is 0.493 e. The van der Waals surface area contributed by atoms with Gasteiger partial charge in [0.1, 0.15) is 5.75 Å². The first-order valence-electron chi connectivity index (χ1n) is 7.50. The molecule has 0 N–H and O–H groups in total. The lowest BCUT2D eigenvalue weighted by Crippen LogP contribution is -2.09. The molecule has 1 aliphatic carbocycles. The van der Waals surface area contributed by atoms with Crippen molar-refractivity contribution in [2.75, 3.05) is 6.61 Å². The summed E-state index contributed by atoms with van der Waals surface area (Å²) in [6.07, 6.45) is 5.40. The number of hydrogen-bond donors (Lipinski definition) is 0. The Bertz CT molecular complexity index is 498. The maximum atomic E-state index is 12.5. The zero-order chi connectivity index (χ0) is 13.4. The van der Waals surface area contributed by atoms with Crippen LogP contribution >= 0.6 is 0 Å². The lowest BCUT2D eigenvalue weighted by Gasteiger charge is -2.16. The quantitative estimate of drug-likeness (QED) is 0.762. The van der Waals surface area contributed by atoms with Crippen molar-refractivity contribution in [3.8, 4) is 5.75 Å². The van der Waals surface area contributed by atoms with E-state index < -0.39 is 0 Å². The predicted octanol–water partition coefficient (Wildman–Crippen LogP) is 4.12. The van der Waals surface area contributed by atoms with Gasteiger partial charge in [-0.3, -0.25) is 4.79 Å². The standard InChI is InChI=1S/C17H22O2/c1-11(2)14-9-13-5-3-4-8-19-17(13)15(10-14)16(18)12-6-7-12/h9-12H,3-8H2,1-2H3. The van der Waals surface area contributed by atoms with Gasteiger partial charge in [-0.2, -0.15) is 0 Å². The van der Waals surface area contributed by atoms with E-state index in [9.17, 15) is 4.79 Å². The highest BCUT2D eigenvalue weighted by atomic mass is 16.5. The molecule has 0 radical (unpaired) electrons. The number of carbonyl (C=O) groups excluding carboxylic acids is 1. The number of carbonyl (C=O) groups is 1. The number of aryl methyl sites for hydroxylation is 1. The van der Waals surface area contributed by atoms with Crippen LogP contribution in [0.25, 0.3) is 0 Å². The van der Waals surface area contributed by atoms with Crippen LogP contribution in [-0.2, 0) is 6.42 Å². The summed E-state index contributed by atoms with van der Waals surface area (Å²) in [7, 11) is 0. The summed E-state index contributed by atoms with van der Waals surface area (Å²) in [5, 5.41) is 0. The fourth-order valence-corrected chi connectivity index (χ4v) is 2.74. The van der Waals surface area contributed by atoms with Crippen LogP contribution in [0.15, 0.2) is 12.1 Å². The minimum absolute atomic E-state index is 0.262. The Hall–Kier alpha value is -1.31. The highest BCUT2D eigenvalue weighted by Crippen LogP contribution is 2.39. The average molecular weight is 258 g/mol. The molecule has 0 saturated heterocycles. The molecule has 0 unspecified atom stereocenters. The van der Waals surface area contributed by atoms with Crippen LogP contribution in [0.2, 0.25) is 0 Å².